The van der Waals surface area contributed by atoms with Crippen LogP contribution in [0.3, 0.4) is 0 Å². The van der Waals surface area contributed by atoms with Crippen LogP contribution >= 0.6 is 0 Å². The number of carboxylic acids is 1. The summed E-state index contributed by atoms with van der Waals surface area (Å²) in [5, 5.41) is 21.9. The fourth-order valence-electron chi connectivity index (χ4n) is 1.67. The van der Waals surface area contributed by atoms with Crippen LogP contribution in [-0.4, -0.2) is 21.3 Å². The number of alkyl halides is 2. The van der Waals surface area contributed by atoms with Gasteiger partial charge in [-0.25, -0.2) is 13.6 Å². The number of rotatable bonds is 3. The number of nitrogens with zero attached hydrogens (tertiary/aromatic N) is 1. The van der Waals surface area contributed by atoms with E-state index in [0.717, 1.165) is 12.1 Å². The second-order valence-corrected chi connectivity index (χ2v) is 3.93. The molecule has 2 N–H and O–H groups in total. The van der Waals surface area contributed by atoms with Crippen LogP contribution in [0.5, 0.6) is 5.75 Å². The Bertz CT molecular complexity index is 637. The van der Waals surface area contributed by atoms with Crippen molar-refractivity contribution in [2.45, 2.75) is 13.3 Å². The fourth-order valence-corrected chi connectivity index (χ4v) is 1.67. The van der Waals surface area contributed by atoms with Gasteiger partial charge in [0.15, 0.2) is 0 Å². The zero-order valence-electron chi connectivity index (χ0n) is 9.72. The average Bonchev–Trinajstić information content (AvgIpc) is 2.80. The number of carbonyl (C=O) groups is 1. The lowest BCUT2D eigenvalue weighted by Gasteiger charge is -2.08. The van der Waals surface area contributed by atoms with Crippen LogP contribution in [0.2, 0.25) is 0 Å². The lowest BCUT2D eigenvalue weighted by molar-refractivity contribution is 0.0652. The minimum atomic E-state index is -2.84. The van der Waals surface area contributed by atoms with E-state index in [9.17, 15) is 18.7 Å². The summed E-state index contributed by atoms with van der Waals surface area (Å²) in [6, 6.07) is 3.64. The Morgan fingerprint density at radius 1 is 1.37 bits per heavy atom. The number of aromatic nitrogens is 1. The molecule has 19 heavy (non-hydrogen) atoms. The van der Waals surface area contributed by atoms with Crippen molar-refractivity contribution in [2.75, 3.05) is 0 Å². The van der Waals surface area contributed by atoms with Crippen molar-refractivity contribution in [3.05, 3.63) is 35.1 Å². The molecule has 0 unspecified atom stereocenters. The number of benzene rings is 1. The molecular formula is C12H9F2NO4. The summed E-state index contributed by atoms with van der Waals surface area (Å²) in [5.74, 6) is -2.40. The van der Waals surface area contributed by atoms with Gasteiger partial charge in [0, 0.05) is 11.6 Å². The number of carboxylic acid groups (broad SMARTS) is 1. The van der Waals surface area contributed by atoms with E-state index in [4.69, 9.17) is 5.11 Å². The number of hydrogen-bond donors (Lipinski definition) is 2. The Hall–Kier alpha value is -2.44. The standard InChI is InChI=1S/C12H9F2NO4/c1-5-2-6(10(16)7(3-5)11(13)14)8-4-9(12(17)18)19-15-8/h2-4,11,16H,1H3,(H,17,18). The number of aromatic hydroxyl groups is 1. The topological polar surface area (TPSA) is 83.6 Å². The largest absolute Gasteiger partial charge is 0.507 e. The summed E-state index contributed by atoms with van der Waals surface area (Å²) in [6.45, 7) is 1.58. The average molecular weight is 269 g/mol. The van der Waals surface area contributed by atoms with Crippen molar-refractivity contribution in [1.82, 2.24) is 5.16 Å². The molecule has 2 rings (SSSR count). The Morgan fingerprint density at radius 2 is 2.05 bits per heavy atom. The summed E-state index contributed by atoms with van der Waals surface area (Å²) in [4.78, 5) is 10.7. The lowest BCUT2D eigenvalue weighted by atomic mass is 10.0. The summed E-state index contributed by atoms with van der Waals surface area (Å²) in [5.41, 5.74) is -0.0510. The second-order valence-electron chi connectivity index (χ2n) is 3.93. The molecule has 0 saturated heterocycles. The first-order valence-electron chi connectivity index (χ1n) is 5.22. The van der Waals surface area contributed by atoms with Gasteiger partial charge in [0.25, 0.3) is 6.43 Å². The van der Waals surface area contributed by atoms with Crippen LogP contribution < -0.4 is 0 Å². The van der Waals surface area contributed by atoms with Crippen LogP contribution in [0.25, 0.3) is 11.3 Å². The van der Waals surface area contributed by atoms with Crippen molar-refractivity contribution in [2.24, 2.45) is 0 Å². The number of halogens is 2. The molecule has 0 radical (unpaired) electrons. The monoisotopic (exact) mass is 269 g/mol. The van der Waals surface area contributed by atoms with E-state index in [1.807, 2.05) is 0 Å². The van der Waals surface area contributed by atoms with Gasteiger partial charge in [-0.15, -0.1) is 0 Å². The van der Waals surface area contributed by atoms with Gasteiger partial charge in [-0.1, -0.05) is 5.16 Å². The Balaban J connectivity index is 2.58. The van der Waals surface area contributed by atoms with Crippen molar-refractivity contribution < 1.29 is 28.3 Å². The highest BCUT2D eigenvalue weighted by Crippen LogP contribution is 2.37. The van der Waals surface area contributed by atoms with Crippen molar-refractivity contribution in [3.8, 4) is 17.0 Å². The Kier molecular flexibility index (Phi) is 3.20. The normalized spacial score (nSPS) is 10.9. The van der Waals surface area contributed by atoms with E-state index in [0.29, 0.717) is 5.56 Å². The van der Waals surface area contributed by atoms with Crippen LogP contribution in [0.15, 0.2) is 22.7 Å². The van der Waals surface area contributed by atoms with E-state index >= 15 is 0 Å². The smallest absolute Gasteiger partial charge is 0.374 e. The van der Waals surface area contributed by atoms with Crippen molar-refractivity contribution in [1.29, 1.82) is 0 Å². The predicted molar refractivity (Wildman–Crippen MR) is 60.3 cm³/mol. The molecule has 1 aromatic heterocycles. The predicted octanol–water partition coefficient (Wildman–Crippen LogP) is 2.99. The van der Waals surface area contributed by atoms with Gasteiger partial charge in [-0.3, -0.25) is 0 Å². The molecule has 5 nitrogen and oxygen atoms in total. The maximum atomic E-state index is 12.7. The third-order valence-corrected chi connectivity index (χ3v) is 2.52. The number of aromatic carboxylic acids is 1. The minimum Gasteiger partial charge on any atom is -0.507 e. The first kappa shape index (κ1) is 13.0. The summed E-state index contributed by atoms with van der Waals surface area (Å²) in [6.07, 6.45) is -2.84. The van der Waals surface area contributed by atoms with Crippen LogP contribution in [0, 0.1) is 6.92 Å². The molecule has 1 heterocycles. The number of phenols is 1. The van der Waals surface area contributed by atoms with Crippen molar-refractivity contribution in [3.63, 3.8) is 0 Å². The van der Waals surface area contributed by atoms with Gasteiger partial charge < -0.3 is 14.7 Å². The SMILES string of the molecule is Cc1cc(-c2cc(C(=O)O)on2)c(O)c(C(F)F)c1. The van der Waals surface area contributed by atoms with E-state index in [1.165, 1.54) is 6.07 Å². The molecule has 0 fully saturated rings. The van der Waals surface area contributed by atoms with Gasteiger partial charge in [-0.2, -0.15) is 0 Å². The number of aryl methyl sites for hydroxylation is 1. The first-order valence-corrected chi connectivity index (χ1v) is 5.22. The molecule has 0 aliphatic carbocycles. The third-order valence-electron chi connectivity index (χ3n) is 2.52. The van der Waals surface area contributed by atoms with Crippen LogP contribution in [0.4, 0.5) is 8.78 Å². The highest BCUT2D eigenvalue weighted by molar-refractivity contribution is 5.86. The molecule has 2 aromatic rings. The van der Waals surface area contributed by atoms with E-state index in [1.54, 1.807) is 6.92 Å². The van der Waals surface area contributed by atoms with E-state index in [2.05, 4.69) is 9.68 Å². The molecule has 0 spiro atoms. The van der Waals surface area contributed by atoms with E-state index in [-0.39, 0.29) is 11.3 Å². The zero-order chi connectivity index (χ0) is 14.2. The molecule has 0 amide bonds. The third kappa shape index (κ3) is 2.40. The van der Waals surface area contributed by atoms with Crippen LogP contribution in [0.1, 0.15) is 28.1 Å². The summed E-state index contributed by atoms with van der Waals surface area (Å²) in [7, 11) is 0. The fraction of sp³-hybridized carbons (Fsp3) is 0.167. The minimum absolute atomic E-state index is 0.00606. The molecular weight excluding hydrogens is 260 g/mol. The Morgan fingerprint density at radius 3 is 2.58 bits per heavy atom. The van der Waals surface area contributed by atoms with Gasteiger partial charge >= 0.3 is 5.97 Å². The van der Waals surface area contributed by atoms with Crippen molar-refractivity contribution >= 4 is 5.97 Å². The molecule has 0 aliphatic heterocycles. The number of phenolic OH excluding ortho intramolecular Hbond substituents is 1. The number of hydrogen-bond acceptors (Lipinski definition) is 4. The highest BCUT2D eigenvalue weighted by atomic mass is 19.3. The Labute approximate surface area is 106 Å². The molecule has 7 heteroatoms. The van der Waals surface area contributed by atoms with E-state index < -0.39 is 29.5 Å². The summed E-state index contributed by atoms with van der Waals surface area (Å²) < 4.78 is 30.0. The molecule has 1 aromatic carbocycles. The molecule has 0 aliphatic rings. The van der Waals surface area contributed by atoms with Gasteiger partial charge in [0.2, 0.25) is 5.76 Å². The van der Waals surface area contributed by atoms with Gasteiger partial charge in [0.05, 0.1) is 5.56 Å². The maximum Gasteiger partial charge on any atom is 0.374 e. The maximum absolute atomic E-state index is 12.7. The highest BCUT2D eigenvalue weighted by Gasteiger charge is 2.21. The van der Waals surface area contributed by atoms with Gasteiger partial charge in [-0.05, 0) is 24.6 Å². The second kappa shape index (κ2) is 4.68. The molecule has 0 saturated carbocycles. The molecule has 0 bridgehead atoms. The lowest BCUT2D eigenvalue weighted by Crippen LogP contribution is -1.92. The summed E-state index contributed by atoms with van der Waals surface area (Å²) >= 11 is 0. The quantitative estimate of drug-likeness (QED) is 0.894. The molecule has 100 valence electrons. The molecule has 0 atom stereocenters. The van der Waals surface area contributed by atoms with Gasteiger partial charge in [0.1, 0.15) is 11.4 Å². The first-order chi connectivity index (χ1) is 8.90. The zero-order valence-corrected chi connectivity index (χ0v) is 9.72. The van der Waals surface area contributed by atoms with Crippen LogP contribution in [-0.2, 0) is 0 Å².